The summed E-state index contributed by atoms with van der Waals surface area (Å²) in [4.78, 5) is 16.1. The molecule has 0 aliphatic carbocycles. The van der Waals surface area contributed by atoms with E-state index in [1.807, 2.05) is 24.3 Å². The first-order valence-electron chi connectivity index (χ1n) is 6.88. The lowest BCUT2D eigenvalue weighted by molar-refractivity contribution is -0.118. The molecule has 3 aromatic rings. The molecule has 0 saturated heterocycles. The second-order valence-electron chi connectivity index (χ2n) is 4.72. The van der Waals surface area contributed by atoms with Gasteiger partial charge < -0.3 is 4.74 Å². The minimum atomic E-state index is -0.363. The summed E-state index contributed by atoms with van der Waals surface area (Å²) in [5.74, 6) is 0.237. The van der Waals surface area contributed by atoms with E-state index in [2.05, 4.69) is 30.6 Å². The number of hydrogen-bond acceptors (Lipinski definition) is 5. The van der Waals surface area contributed by atoms with Crippen molar-refractivity contribution < 1.29 is 13.9 Å². The summed E-state index contributed by atoms with van der Waals surface area (Å²) >= 11 is 4.46. The number of nitrogens with one attached hydrogen (secondary N) is 1. The molecule has 0 aliphatic rings. The van der Waals surface area contributed by atoms with Gasteiger partial charge in [0.05, 0.1) is 0 Å². The first-order valence-corrected chi connectivity index (χ1v) is 8.45. The molecular formula is C16H11BrFN3O2S. The molecule has 0 spiro atoms. The van der Waals surface area contributed by atoms with E-state index < -0.39 is 0 Å². The Kier molecular flexibility index (Phi) is 5.17. The first-order chi connectivity index (χ1) is 11.6. The van der Waals surface area contributed by atoms with Gasteiger partial charge in [0, 0.05) is 21.6 Å². The van der Waals surface area contributed by atoms with Crippen LogP contribution in [0.15, 0.2) is 53.0 Å². The smallest absolute Gasteiger partial charge is 0.264 e. The summed E-state index contributed by atoms with van der Waals surface area (Å²) in [5, 5.41) is 3.01. The monoisotopic (exact) mass is 407 g/mol. The fraction of sp³-hybridized carbons (Fsp3) is 0.0625. The maximum absolute atomic E-state index is 12.8. The van der Waals surface area contributed by atoms with E-state index in [4.69, 9.17) is 4.74 Å². The van der Waals surface area contributed by atoms with E-state index in [9.17, 15) is 9.18 Å². The van der Waals surface area contributed by atoms with Crippen LogP contribution < -0.4 is 10.1 Å². The van der Waals surface area contributed by atoms with Crippen molar-refractivity contribution in [2.24, 2.45) is 0 Å². The standard InChI is InChI=1S/C16H11BrFN3O2S/c17-11-3-1-10(2-4-11)15-20-16(24-21-15)19-14(22)9-23-13-7-5-12(18)6-8-13/h1-8H,9H2,(H,19,20,21,22). The van der Waals surface area contributed by atoms with Crippen molar-refractivity contribution in [3.05, 3.63) is 58.8 Å². The molecule has 3 rings (SSSR count). The molecule has 0 aliphatic heterocycles. The Bertz CT molecular complexity index is 837. The average molecular weight is 408 g/mol. The largest absolute Gasteiger partial charge is 0.484 e. The number of hydrogen-bond donors (Lipinski definition) is 1. The summed E-state index contributed by atoms with van der Waals surface area (Å²) in [5.41, 5.74) is 0.859. The molecule has 0 bridgehead atoms. The van der Waals surface area contributed by atoms with Gasteiger partial charge in [-0.15, -0.1) is 0 Å². The maximum Gasteiger partial charge on any atom is 0.264 e. The number of carbonyl (C=O) groups is 1. The van der Waals surface area contributed by atoms with E-state index in [-0.39, 0.29) is 18.3 Å². The topological polar surface area (TPSA) is 64.1 Å². The molecule has 1 amide bonds. The van der Waals surface area contributed by atoms with Crippen molar-refractivity contribution in [1.29, 1.82) is 0 Å². The van der Waals surface area contributed by atoms with Crippen LogP contribution in [0.2, 0.25) is 0 Å². The Hall–Kier alpha value is -2.32. The van der Waals surface area contributed by atoms with Gasteiger partial charge in [0.2, 0.25) is 5.13 Å². The normalized spacial score (nSPS) is 10.4. The molecule has 122 valence electrons. The van der Waals surface area contributed by atoms with Gasteiger partial charge in [-0.2, -0.15) is 9.36 Å². The quantitative estimate of drug-likeness (QED) is 0.690. The van der Waals surface area contributed by atoms with E-state index >= 15 is 0 Å². The van der Waals surface area contributed by atoms with Crippen molar-refractivity contribution in [1.82, 2.24) is 9.36 Å². The zero-order valence-corrected chi connectivity index (χ0v) is 14.6. The highest BCUT2D eigenvalue weighted by Crippen LogP contribution is 2.22. The second-order valence-corrected chi connectivity index (χ2v) is 6.39. The van der Waals surface area contributed by atoms with Gasteiger partial charge in [0.25, 0.3) is 5.91 Å². The third-order valence-corrected chi connectivity index (χ3v) is 4.12. The van der Waals surface area contributed by atoms with Crippen molar-refractivity contribution in [3.8, 4) is 17.1 Å². The molecule has 0 saturated carbocycles. The Morgan fingerprint density at radius 2 is 1.88 bits per heavy atom. The molecular weight excluding hydrogens is 397 g/mol. The number of halogens is 2. The van der Waals surface area contributed by atoms with Gasteiger partial charge in [-0.25, -0.2) is 4.39 Å². The zero-order valence-electron chi connectivity index (χ0n) is 12.2. The maximum atomic E-state index is 12.8. The predicted molar refractivity (Wildman–Crippen MR) is 93.6 cm³/mol. The lowest BCUT2D eigenvalue weighted by atomic mass is 10.2. The van der Waals surface area contributed by atoms with Crippen molar-refractivity contribution in [2.75, 3.05) is 11.9 Å². The van der Waals surface area contributed by atoms with Gasteiger partial charge in [-0.3, -0.25) is 10.1 Å². The van der Waals surface area contributed by atoms with Gasteiger partial charge in [-0.1, -0.05) is 28.1 Å². The van der Waals surface area contributed by atoms with Crippen LogP contribution >= 0.6 is 27.5 Å². The number of rotatable bonds is 5. The van der Waals surface area contributed by atoms with Crippen LogP contribution in [0.25, 0.3) is 11.4 Å². The highest BCUT2D eigenvalue weighted by molar-refractivity contribution is 9.10. The molecule has 2 aromatic carbocycles. The molecule has 0 unspecified atom stereocenters. The number of ether oxygens (including phenoxy) is 1. The van der Waals surface area contributed by atoms with E-state index in [0.717, 1.165) is 21.6 Å². The van der Waals surface area contributed by atoms with Crippen molar-refractivity contribution in [2.45, 2.75) is 0 Å². The molecule has 1 heterocycles. The number of aromatic nitrogens is 2. The molecule has 0 radical (unpaired) electrons. The van der Waals surface area contributed by atoms with Gasteiger partial charge >= 0.3 is 0 Å². The number of carbonyl (C=O) groups excluding carboxylic acids is 1. The molecule has 0 fully saturated rings. The second kappa shape index (κ2) is 7.50. The third kappa shape index (κ3) is 4.36. The Morgan fingerprint density at radius 1 is 1.17 bits per heavy atom. The third-order valence-electron chi connectivity index (χ3n) is 2.96. The highest BCUT2D eigenvalue weighted by atomic mass is 79.9. The van der Waals surface area contributed by atoms with Crippen LogP contribution in [0.4, 0.5) is 9.52 Å². The number of nitrogens with zero attached hydrogens (tertiary/aromatic N) is 2. The van der Waals surface area contributed by atoms with Gasteiger partial charge in [-0.05, 0) is 36.4 Å². The fourth-order valence-corrected chi connectivity index (χ4v) is 2.70. The van der Waals surface area contributed by atoms with Crippen LogP contribution in [0.1, 0.15) is 0 Å². The molecule has 24 heavy (non-hydrogen) atoms. The minimum absolute atomic E-state index is 0.196. The summed E-state index contributed by atoms with van der Waals surface area (Å²) in [6.07, 6.45) is 0. The van der Waals surface area contributed by atoms with Crippen molar-refractivity contribution in [3.63, 3.8) is 0 Å². The van der Waals surface area contributed by atoms with Crippen LogP contribution in [-0.2, 0) is 4.79 Å². The lowest BCUT2D eigenvalue weighted by Gasteiger charge is -2.05. The van der Waals surface area contributed by atoms with E-state index in [1.54, 1.807) is 0 Å². The molecule has 1 aromatic heterocycles. The molecule has 1 N–H and O–H groups in total. The average Bonchev–Trinajstić information content (AvgIpc) is 3.03. The fourth-order valence-electron chi connectivity index (χ4n) is 1.83. The van der Waals surface area contributed by atoms with Crippen LogP contribution in [0.5, 0.6) is 5.75 Å². The SMILES string of the molecule is O=C(COc1ccc(F)cc1)Nc1nc(-c2ccc(Br)cc2)ns1. The van der Waals surface area contributed by atoms with Crippen LogP contribution in [0, 0.1) is 5.82 Å². The Morgan fingerprint density at radius 3 is 2.58 bits per heavy atom. The summed E-state index contributed by atoms with van der Waals surface area (Å²) in [7, 11) is 0. The number of anilines is 1. The van der Waals surface area contributed by atoms with Crippen molar-refractivity contribution >= 4 is 38.5 Å². The number of amides is 1. The lowest BCUT2D eigenvalue weighted by Crippen LogP contribution is -2.20. The zero-order chi connectivity index (χ0) is 16.9. The molecule has 0 atom stereocenters. The Balaban J connectivity index is 1.57. The summed E-state index contributed by atoms with van der Waals surface area (Å²) < 4.78 is 23.2. The van der Waals surface area contributed by atoms with Crippen LogP contribution in [0.3, 0.4) is 0 Å². The van der Waals surface area contributed by atoms with E-state index in [1.165, 1.54) is 24.3 Å². The number of benzene rings is 2. The summed E-state index contributed by atoms with van der Waals surface area (Å²) in [6, 6.07) is 13.0. The van der Waals surface area contributed by atoms with E-state index in [0.29, 0.717) is 16.7 Å². The molecule has 8 heteroatoms. The van der Waals surface area contributed by atoms with Gasteiger partial charge in [0.1, 0.15) is 11.6 Å². The molecule has 5 nitrogen and oxygen atoms in total. The Labute approximate surface area is 149 Å². The minimum Gasteiger partial charge on any atom is -0.484 e. The summed E-state index contributed by atoms with van der Waals surface area (Å²) in [6.45, 7) is -0.196. The van der Waals surface area contributed by atoms with Gasteiger partial charge in [0.15, 0.2) is 12.4 Å². The predicted octanol–water partition coefficient (Wildman–Crippen LogP) is 4.12. The highest BCUT2D eigenvalue weighted by Gasteiger charge is 2.10. The first kappa shape index (κ1) is 16.5. The van der Waals surface area contributed by atoms with Crippen LogP contribution in [-0.4, -0.2) is 21.9 Å².